The minimum absolute atomic E-state index is 0. The van der Waals surface area contributed by atoms with Gasteiger partial charge in [-0.1, -0.05) is 19.3 Å². The zero-order valence-electron chi connectivity index (χ0n) is 9.07. The maximum Gasteiger partial charge on any atom is 0.171 e. The number of aryl methyl sites for hydroxylation is 1. The number of hydrogen-bond donors (Lipinski definition) is 2. The number of nitrogens with zero attached hydrogens (tertiary/aromatic N) is 2. The van der Waals surface area contributed by atoms with Crippen LogP contribution in [0, 0.1) is 0 Å². The molecule has 3 N–H and O–H groups in total. The van der Waals surface area contributed by atoms with Crippen LogP contribution in [0.1, 0.15) is 32.1 Å². The zero-order chi connectivity index (χ0) is 9.97. The highest BCUT2D eigenvalue weighted by atomic mass is 35.5. The minimum Gasteiger partial charge on any atom is -0.394 e. The molecule has 0 unspecified atom stereocenters. The molecule has 1 heterocycles. The van der Waals surface area contributed by atoms with Crippen molar-refractivity contribution < 1.29 is 0 Å². The second kappa shape index (κ2) is 5.26. The van der Waals surface area contributed by atoms with E-state index in [-0.39, 0.29) is 12.4 Å². The highest BCUT2D eigenvalue weighted by molar-refractivity contribution is 5.85. The Morgan fingerprint density at radius 1 is 1.40 bits per heavy atom. The van der Waals surface area contributed by atoms with Gasteiger partial charge < -0.3 is 11.1 Å². The maximum atomic E-state index is 5.81. The van der Waals surface area contributed by atoms with Gasteiger partial charge in [0.25, 0.3) is 0 Å². The van der Waals surface area contributed by atoms with Gasteiger partial charge in [-0.2, -0.15) is 5.10 Å². The average Bonchev–Trinajstić information content (AvgIpc) is 2.47. The summed E-state index contributed by atoms with van der Waals surface area (Å²) in [5.74, 6) is 0.847. The van der Waals surface area contributed by atoms with Crippen LogP contribution in [-0.4, -0.2) is 15.8 Å². The standard InChI is InChI=1S/C10H18N4.ClH/c1-14-7-9(11)10(13-14)12-8-5-3-2-4-6-8;/h7-8H,2-6,11H2,1H3,(H,12,13);1H. The van der Waals surface area contributed by atoms with Gasteiger partial charge in [0.15, 0.2) is 5.82 Å². The van der Waals surface area contributed by atoms with Gasteiger partial charge in [-0.05, 0) is 12.8 Å². The molecule has 15 heavy (non-hydrogen) atoms. The molecule has 0 atom stereocenters. The second-order valence-corrected chi connectivity index (χ2v) is 4.09. The highest BCUT2D eigenvalue weighted by Gasteiger charge is 2.15. The quantitative estimate of drug-likeness (QED) is 0.819. The average molecular weight is 231 g/mol. The number of nitrogens with two attached hydrogens (primary N) is 1. The monoisotopic (exact) mass is 230 g/mol. The number of nitrogen functional groups attached to an aromatic ring is 1. The Morgan fingerprint density at radius 3 is 2.60 bits per heavy atom. The van der Waals surface area contributed by atoms with E-state index in [1.807, 2.05) is 13.2 Å². The third-order valence-corrected chi connectivity index (χ3v) is 2.80. The van der Waals surface area contributed by atoms with Crippen molar-refractivity contribution in [3.8, 4) is 0 Å². The molecule has 1 aliphatic carbocycles. The van der Waals surface area contributed by atoms with Gasteiger partial charge in [-0.25, -0.2) is 0 Å². The summed E-state index contributed by atoms with van der Waals surface area (Å²) in [6, 6.07) is 0.570. The molecular weight excluding hydrogens is 212 g/mol. The first-order valence-corrected chi connectivity index (χ1v) is 5.31. The molecule has 0 saturated heterocycles. The van der Waals surface area contributed by atoms with E-state index in [9.17, 15) is 0 Å². The smallest absolute Gasteiger partial charge is 0.171 e. The lowest BCUT2D eigenvalue weighted by Crippen LogP contribution is -2.23. The third-order valence-electron chi connectivity index (χ3n) is 2.80. The summed E-state index contributed by atoms with van der Waals surface area (Å²) in [5.41, 5.74) is 6.56. The topological polar surface area (TPSA) is 55.9 Å². The summed E-state index contributed by atoms with van der Waals surface area (Å²) in [6.45, 7) is 0. The van der Waals surface area contributed by atoms with Crippen LogP contribution in [0.3, 0.4) is 0 Å². The van der Waals surface area contributed by atoms with Gasteiger partial charge in [0.2, 0.25) is 0 Å². The largest absolute Gasteiger partial charge is 0.394 e. The fourth-order valence-corrected chi connectivity index (χ4v) is 2.06. The molecule has 1 fully saturated rings. The van der Waals surface area contributed by atoms with Crippen molar-refractivity contribution in [3.63, 3.8) is 0 Å². The van der Waals surface area contributed by atoms with Crippen molar-refractivity contribution in [1.82, 2.24) is 9.78 Å². The third kappa shape index (κ3) is 3.02. The summed E-state index contributed by atoms with van der Waals surface area (Å²) in [5, 5.41) is 7.70. The fourth-order valence-electron chi connectivity index (χ4n) is 2.06. The first-order valence-electron chi connectivity index (χ1n) is 5.31. The van der Waals surface area contributed by atoms with Crippen LogP contribution in [-0.2, 0) is 7.05 Å². The normalized spacial score (nSPS) is 17.1. The van der Waals surface area contributed by atoms with Crippen molar-refractivity contribution in [3.05, 3.63) is 6.20 Å². The van der Waals surface area contributed by atoms with E-state index < -0.39 is 0 Å². The predicted octanol–water partition coefficient (Wildman–Crippen LogP) is 2.17. The summed E-state index contributed by atoms with van der Waals surface area (Å²) >= 11 is 0. The molecule has 1 aliphatic rings. The first-order chi connectivity index (χ1) is 6.75. The lowest BCUT2D eigenvalue weighted by molar-refractivity contribution is 0.461. The molecule has 1 saturated carbocycles. The molecule has 1 aromatic heterocycles. The van der Waals surface area contributed by atoms with Crippen LogP contribution in [0.15, 0.2) is 6.20 Å². The fraction of sp³-hybridized carbons (Fsp3) is 0.700. The Bertz CT molecular complexity index is 304. The lowest BCUT2D eigenvalue weighted by atomic mass is 9.95. The molecule has 0 spiro atoms. The summed E-state index contributed by atoms with van der Waals surface area (Å²) in [7, 11) is 1.89. The highest BCUT2D eigenvalue weighted by Crippen LogP contribution is 2.23. The SMILES string of the molecule is Cl.Cn1cc(N)c(NC2CCCCC2)n1. The van der Waals surface area contributed by atoms with Crippen LogP contribution in [0.2, 0.25) is 0 Å². The van der Waals surface area contributed by atoms with Crippen LogP contribution >= 0.6 is 12.4 Å². The zero-order valence-corrected chi connectivity index (χ0v) is 9.89. The van der Waals surface area contributed by atoms with Gasteiger partial charge in [0, 0.05) is 19.3 Å². The molecule has 0 amide bonds. The number of anilines is 2. The molecule has 0 aromatic carbocycles. The molecule has 0 aliphatic heterocycles. The second-order valence-electron chi connectivity index (χ2n) is 4.09. The van der Waals surface area contributed by atoms with Gasteiger partial charge >= 0.3 is 0 Å². The van der Waals surface area contributed by atoms with E-state index in [2.05, 4.69) is 10.4 Å². The number of rotatable bonds is 2. The Hall–Kier alpha value is -0.900. The Kier molecular flexibility index (Phi) is 4.27. The molecule has 5 heteroatoms. The molecule has 0 bridgehead atoms. The van der Waals surface area contributed by atoms with E-state index in [4.69, 9.17) is 5.73 Å². The van der Waals surface area contributed by atoms with Gasteiger partial charge in [0.05, 0.1) is 5.69 Å². The lowest BCUT2D eigenvalue weighted by Gasteiger charge is -2.22. The number of aromatic nitrogens is 2. The molecule has 2 rings (SSSR count). The first kappa shape index (κ1) is 12.2. The van der Waals surface area contributed by atoms with Crippen molar-refractivity contribution >= 4 is 23.9 Å². The molecule has 1 aromatic rings. The van der Waals surface area contributed by atoms with E-state index >= 15 is 0 Å². The van der Waals surface area contributed by atoms with Gasteiger partial charge in [-0.15, -0.1) is 12.4 Å². The number of halogens is 1. The maximum absolute atomic E-state index is 5.81. The molecular formula is C10H19ClN4. The minimum atomic E-state index is 0. The van der Waals surface area contributed by atoms with Crippen molar-refractivity contribution in [2.24, 2.45) is 7.05 Å². The summed E-state index contributed by atoms with van der Waals surface area (Å²) < 4.78 is 1.75. The molecule has 4 nitrogen and oxygen atoms in total. The molecule has 86 valence electrons. The summed E-state index contributed by atoms with van der Waals surface area (Å²) in [6.07, 6.45) is 8.35. The van der Waals surface area contributed by atoms with Gasteiger partial charge in [-0.3, -0.25) is 4.68 Å². The van der Waals surface area contributed by atoms with Crippen molar-refractivity contribution in [2.75, 3.05) is 11.1 Å². The van der Waals surface area contributed by atoms with E-state index in [0.29, 0.717) is 6.04 Å². The predicted molar refractivity (Wildman–Crippen MR) is 65.4 cm³/mol. The molecule has 0 radical (unpaired) electrons. The van der Waals surface area contributed by atoms with E-state index in [1.165, 1.54) is 32.1 Å². The Labute approximate surface area is 96.6 Å². The van der Waals surface area contributed by atoms with E-state index in [0.717, 1.165) is 11.5 Å². The van der Waals surface area contributed by atoms with Crippen molar-refractivity contribution in [2.45, 2.75) is 38.1 Å². The van der Waals surface area contributed by atoms with Crippen LogP contribution in [0.4, 0.5) is 11.5 Å². The van der Waals surface area contributed by atoms with Gasteiger partial charge in [0.1, 0.15) is 0 Å². The van der Waals surface area contributed by atoms with E-state index in [1.54, 1.807) is 4.68 Å². The van der Waals surface area contributed by atoms with Crippen LogP contribution in [0.25, 0.3) is 0 Å². The Morgan fingerprint density at radius 2 is 2.07 bits per heavy atom. The van der Waals surface area contributed by atoms with Crippen LogP contribution < -0.4 is 11.1 Å². The van der Waals surface area contributed by atoms with Crippen molar-refractivity contribution in [1.29, 1.82) is 0 Å². The number of nitrogens with one attached hydrogen (secondary N) is 1. The number of hydrogen-bond acceptors (Lipinski definition) is 3. The Balaban J connectivity index is 0.00000112. The summed E-state index contributed by atoms with van der Waals surface area (Å²) in [4.78, 5) is 0. The van der Waals surface area contributed by atoms with Crippen LogP contribution in [0.5, 0.6) is 0 Å².